The Morgan fingerprint density at radius 2 is 2.00 bits per heavy atom. The number of hydrogen-bond donors (Lipinski definition) is 1. The molecule has 0 fully saturated rings. The molecule has 0 unspecified atom stereocenters. The van der Waals surface area contributed by atoms with Crippen LogP contribution in [0, 0.1) is 0 Å². The van der Waals surface area contributed by atoms with Crippen LogP contribution in [0.2, 0.25) is 4.34 Å². The number of rotatable bonds is 5. The minimum Gasteiger partial charge on any atom is -0.459 e. The first-order valence-electron chi connectivity index (χ1n) is 6.79. The first kappa shape index (κ1) is 14.6. The smallest absolute Gasteiger partial charge is 0.134 e. The highest BCUT2D eigenvalue weighted by Crippen LogP contribution is 2.28. The maximum absolute atomic E-state index is 5.98. The molecule has 0 atom stereocenters. The topological polar surface area (TPSA) is 42.4 Å². The van der Waals surface area contributed by atoms with Crippen molar-refractivity contribution >= 4 is 33.9 Å². The highest BCUT2D eigenvalue weighted by Gasteiger charge is 2.14. The van der Waals surface area contributed by atoms with E-state index in [1.165, 1.54) is 10.4 Å². The molecule has 0 saturated heterocycles. The number of furan rings is 1. The molecular weight excluding hydrogens is 304 g/mol. The molecule has 0 radical (unpaired) electrons. The fourth-order valence-corrected chi connectivity index (χ4v) is 3.68. The van der Waals surface area contributed by atoms with E-state index in [1.807, 2.05) is 24.3 Å². The number of fused-ring (bicyclic) bond motifs is 1. The van der Waals surface area contributed by atoms with Gasteiger partial charge in [-0.25, -0.2) is 0 Å². The van der Waals surface area contributed by atoms with Crippen LogP contribution in [0.5, 0.6) is 0 Å². The van der Waals surface area contributed by atoms with Crippen molar-refractivity contribution in [2.75, 3.05) is 7.05 Å². The molecular formula is C16H17ClN2OS. The van der Waals surface area contributed by atoms with Gasteiger partial charge in [0.05, 0.1) is 10.9 Å². The van der Waals surface area contributed by atoms with Crippen molar-refractivity contribution < 1.29 is 4.42 Å². The first-order valence-corrected chi connectivity index (χ1v) is 7.99. The summed E-state index contributed by atoms with van der Waals surface area (Å²) in [6.07, 6.45) is 0. The van der Waals surface area contributed by atoms with Crippen LogP contribution in [-0.2, 0) is 19.6 Å². The summed E-state index contributed by atoms with van der Waals surface area (Å²) in [6, 6.07) is 12.1. The van der Waals surface area contributed by atoms with E-state index in [-0.39, 0.29) is 0 Å². The van der Waals surface area contributed by atoms with Gasteiger partial charge in [0.15, 0.2) is 0 Å². The van der Waals surface area contributed by atoms with Crippen molar-refractivity contribution in [1.82, 2.24) is 4.90 Å². The van der Waals surface area contributed by atoms with E-state index in [4.69, 9.17) is 21.8 Å². The maximum atomic E-state index is 5.98. The molecule has 1 aromatic carbocycles. The summed E-state index contributed by atoms with van der Waals surface area (Å²) < 4.78 is 6.66. The van der Waals surface area contributed by atoms with Gasteiger partial charge in [-0.3, -0.25) is 4.90 Å². The predicted octanol–water partition coefficient (Wildman–Crippen LogP) is 4.24. The molecule has 2 N–H and O–H groups in total. The summed E-state index contributed by atoms with van der Waals surface area (Å²) in [6.45, 7) is 2.09. The number of para-hydroxylation sites is 1. The standard InChI is InChI=1S/C16H17ClN2OS/c1-19(9-11-6-7-16(17)21-11)10-13-12-4-2-3-5-14(12)20-15(13)8-18/h2-7H,8-10,18H2,1H3. The Morgan fingerprint density at radius 3 is 2.71 bits per heavy atom. The number of nitrogens with zero attached hydrogens (tertiary/aromatic N) is 1. The minimum atomic E-state index is 0.419. The SMILES string of the molecule is CN(Cc1ccc(Cl)s1)Cc1c(CN)oc2ccccc12. The highest BCUT2D eigenvalue weighted by molar-refractivity contribution is 7.16. The second-order valence-electron chi connectivity index (χ2n) is 5.08. The number of thiophene rings is 1. The van der Waals surface area contributed by atoms with Crippen LogP contribution in [0.15, 0.2) is 40.8 Å². The molecule has 0 amide bonds. The van der Waals surface area contributed by atoms with Crippen molar-refractivity contribution in [3.8, 4) is 0 Å². The zero-order valence-corrected chi connectivity index (χ0v) is 13.4. The molecule has 0 saturated carbocycles. The Labute approximate surface area is 132 Å². The van der Waals surface area contributed by atoms with E-state index < -0.39 is 0 Å². The van der Waals surface area contributed by atoms with Crippen LogP contribution in [0.25, 0.3) is 11.0 Å². The average Bonchev–Trinajstić information content (AvgIpc) is 3.03. The average molecular weight is 321 g/mol. The lowest BCUT2D eigenvalue weighted by Crippen LogP contribution is -2.17. The third-order valence-corrected chi connectivity index (χ3v) is 4.67. The molecule has 110 valence electrons. The molecule has 3 aromatic rings. The van der Waals surface area contributed by atoms with E-state index in [0.717, 1.165) is 34.2 Å². The number of benzene rings is 1. The molecule has 0 aliphatic heterocycles. The fraction of sp³-hybridized carbons (Fsp3) is 0.250. The van der Waals surface area contributed by atoms with Gasteiger partial charge in [-0.05, 0) is 25.2 Å². The Kier molecular flexibility index (Phi) is 4.31. The Hall–Kier alpha value is -1.33. The van der Waals surface area contributed by atoms with Gasteiger partial charge in [-0.2, -0.15) is 0 Å². The monoisotopic (exact) mass is 320 g/mol. The molecule has 3 nitrogen and oxygen atoms in total. The van der Waals surface area contributed by atoms with Crippen LogP contribution >= 0.6 is 22.9 Å². The lowest BCUT2D eigenvalue weighted by molar-refractivity contribution is 0.319. The second kappa shape index (κ2) is 6.20. The fourth-order valence-electron chi connectivity index (χ4n) is 2.52. The zero-order valence-electron chi connectivity index (χ0n) is 11.8. The van der Waals surface area contributed by atoms with Gasteiger partial charge in [0.1, 0.15) is 11.3 Å². The molecule has 0 aliphatic rings. The summed E-state index contributed by atoms with van der Waals surface area (Å²) in [5.41, 5.74) is 7.90. The first-order chi connectivity index (χ1) is 10.2. The van der Waals surface area contributed by atoms with Crippen LogP contribution in [0.3, 0.4) is 0 Å². The van der Waals surface area contributed by atoms with Gasteiger partial charge in [0, 0.05) is 28.9 Å². The van der Waals surface area contributed by atoms with Gasteiger partial charge in [0.25, 0.3) is 0 Å². The number of halogens is 1. The molecule has 0 aliphatic carbocycles. The van der Waals surface area contributed by atoms with E-state index in [0.29, 0.717) is 6.54 Å². The minimum absolute atomic E-state index is 0.419. The molecule has 0 spiro atoms. The lowest BCUT2D eigenvalue weighted by Gasteiger charge is -2.15. The van der Waals surface area contributed by atoms with E-state index in [2.05, 4.69) is 24.1 Å². The van der Waals surface area contributed by atoms with Gasteiger partial charge in [-0.15, -0.1) is 11.3 Å². The normalized spacial score (nSPS) is 11.6. The number of nitrogens with two attached hydrogens (primary N) is 1. The van der Waals surface area contributed by atoms with Crippen LogP contribution < -0.4 is 5.73 Å². The predicted molar refractivity (Wildman–Crippen MR) is 88.6 cm³/mol. The lowest BCUT2D eigenvalue weighted by atomic mass is 10.1. The van der Waals surface area contributed by atoms with Gasteiger partial charge < -0.3 is 10.2 Å². The van der Waals surface area contributed by atoms with Crippen molar-refractivity contribution in [1.29, 1.82) is 0 Å². The van der Waals surface area contributed by atoms with Gasteiger partial charge in [0.2, 0.25) is 0 Å². The van der Waals surface area contributed by atoms with Crippen molar-refractivity contribution in [2.45, 2.75) is 19.6 Å². The second-order valence-corrected chi connectivity index (χ2v) is 6.88. The Bertz CT molecular complexity index is 750. The summed E-state index contributed by atoms with van der Waals surface area (Å²) in [5, 5.41) is 1.15. The van der Waals surface area contributed by atoms with E-state index >= 15 is 0 Å². The van der Waals surface area contributed by atoms with Crippen LogP contribution in [0.4, 0.5) is 0 Å². The molecule has 2 aromatic heterocycles. The van der Waals surface area contributed by atoms with Crippen LogP contribution in [-0.4, -0.2) is 11.9 Å². The van der Waals surface area contributed by atoms with Crippen molar-refractivity contribution in [3.05, 3.63) is 56.9 Å². The summed E-state index contributed by atoms with van der Waals surface area (Å²) in [4.78, 5) is 3.50. The largest absolute Gasteiger partial charge is 0.459 e. The highest BCUT2D eigenvalue weighted by atomic mass is 35.5. The zero-order chi connectivity index (χ0) is 14.8. The summed E-state index contributed by atoms with van der Waals surface area (Å²) >= 11 is 7.60. The van der Waals surface area contributed by atoms with Crippen LogP contribution in [0.1, 0.15) is 16.2 Å². The third-order valence-electron chi connectivity index (χ3n) is 3.45. The molecule has 3 rings (SSSR count). The molecule has 0 bridgehead atoms. The molecule has 2 heterocycles. The quantitative estimate of drug-likeness (QED) is 0.764. The Balaban J connectivity index is 1.83. The van der Waals surface area contributed by atoms with Crippen molar-refractivity contribution in [3.63, 3.8) is 0 Å². The molecule has 21 heavy (non-hydrogen) atoms. The summed E-state index contributed by atoms with van der Waals surface area (Å²) in [7, 11) is 2.09. The van der Waals surface area contributed by atoms with E-state index in [1.54, 1.807) is 11.3 Å². The van der Waals surface area contributed by atoms with Gasteiger partial charge in [-0.1, -0.05) is 29.8 Å². The van der Waals surface area contributed by atoms with E-state index in [9.17, 15) is 0 Å². The molecule has 5 heteroatoms. The summed E-state index contributed by atoms with van der Waals surface area (Å²) in [5.74, 6) is 0.868. The van der Waals surface area contributed by atoms with Gasteiger partial charge >= 0.3 is 0 Å². The Morgan fingerprint density at radius 1 is 1.19 bits per heavy atom. The maximum Gasteiger partial charge on any atom is 0.134 e. The van der Waals surface area contributed by atoms with Crippen molar-refractivity contribution in [2.24, 2.45) is 5.73 Å². The number of hydrogen-bond acceptors (Lipinski definition) is 4. The third kappa shape index (κ3) is 3.14.